The van der Waals surface area contributed by atoms with E-state index in [0.717, 1.165) is 22.2 Å². The molecular formula is C20H21FN+. The van der Waals surface area contributed by atoms with Crippen LogP contribution in [0.3, 0.4) is 0 Å². The summed E-state index contributed by atoms with van der Waals surface area (Å²) in [5.41, 5.74) is 7.35. The van der Waals surface area contributed by atoms with Gasteiger partial charge in [-0.15, -0.1) is 0 Å². The normalized spacial score (nSPS) is 11.2. The molecule has 0 spiro atoms. The lowest BCUT2D eigenvalue weighted by atomic mass is 9.99. The quantitative estimate of drug-likeness (QED) is 0.573. The van der Waals surface area contributed by atoms with Crippen molar-refractivity contribution < 1.29 is 8.96 Å². The van der Waals surface area contributed by atoms with Crippen LogP contribution in [0, 0.1) is 33.5 Å². The summed E-state index contributed by atoms with van der Waals surface area (Å²) in [5.74, 6) is -0.105. The van der Waals surface area contributed by atoms with Crippen LogP contribution in [0.25, 0.3) is 22.2 Å². The van der Waals surface area contributed by atoms with Gasteiger partial charge in [-0.05, 0) is 56.5 Å². The number of nitrogens with zero attached hydrogens (tertiary/aromatic N) is 1. The smallest absolute Gasteiger partial charge is 0.206 e. The van der Waals surface area contributed by atoms with Crippen LogP contribution >= 0.6 is 0 Å². The predicted molar refractivity (Wildman–Crippen MR) is 89.5 cm³/mol. The summed E-state index contributed by atoms with van der Waals surface area (Å²) in [6.45, 7) is 7.91. The molecule has 112 valence electrons. The fraction of sp³-hybridized carbons (Fsp3) is 0.250. The molecule has 0 N–H and O–H groups in total. The van der Waals surface area contributed by atoms with Gasteiger partial charge in [0.2, 0.25) is 11.2 Å². The summed E-state index contributed by atoms with van der Waals surface area (Å²) in [7, 11) is 2.05. The fourth-order valence-corrected chi connectivity index (χ4v) is 3.13. The Morgan fingerprint density at radius 3 is 2.32 bits per heavy atom. The molecule has 0 amide bonds. The summed E-state index contributed by atoms with van der Waals surface area (Å²) in [5, 5.41) is 0.972. The summed E-state index contributed by atoms with van der Waals surface area (Å²) in [6.07, 6.45) is 0. The van der Waals surface area contributed by atoms with E-state index >= 15 is 0 Å². The molecular weight excluding hydrogens is 273 g/mol. The minimum atomic E-state index is -0.105. The molecule has 22 heavy (non-hydrogen) atoms. The van der Waals surface area contributed by atoms with Crippen molar-refractivity contribution in [2.45, 2.75) is 27.7 Å². The Hall–Kier alpha value is -2.22. The van der Waals surface area contributed by atoms with Crippen molar-refractivity contribution in [3.05, 3.63) is 64.5 Å². The van der Waals surface area contributed by atoms with Crippen LogP contribution in [0.15, 0.2) is 36.4 Å². The molecule has 2 aromatic carbocycles. The summed E-state index contributed by atoms with van der Waals surface area (Å²) < 4.78 is 16.3. The minimum Gasteiger partial charge on any atom is -0.206 e. The molecule has 1 aromatic heterocycles. The van der Waals surface area contributed by atoms with Gasteiger partial charge in [-0.2, -0.15) is 4.57 Å². The van der Waals surface area contributed by atoms with Crippen LogP contribution in [0.1, 0.15) is 22.3 Å². The third kappa shape index (κ3) is 2.19. The molecule has 0 saturated heterocycles. The van der Waals surface area contributed by atoms with E-state index in [4.69, 9.17) is 0 Å². The van der Waals surface area contributed by atoms with Gasteiger partial charge >= 0.3 is 0 Å². The maximum atomic E-state index is 14.1. The van der Waals surface area contributed by atoms with E-state index < -0.39 is 0 Å². The lowest BCUT2D eigenvalue weighted by molar-refractivity contribution is -0.633. The molecule has 0 unspecified atom stereocenters. The van der Waals surface area contributed by atoms with Gasteiger partial charge < -0.3 is 0 Å². The van der Waals surface area contributed by atoms with Crippen LogP contribution in [0.4, 0.5) is 4.39 Å². The lowest BCUT2D eigenvalue weighted by Crippen LogP contribution is -2.32. The molecule has 1 heterocycles. The van der Waals surface area contributed by atoms with Gasteiger partial charge in [-0.25, -0.2) is 4.39 Å². The highest BCUT2D eigenvalue weighted by Gasteiger charge is 2.19. The second kappa shape index (κ2) is 5.20. The molecule has 0 fully saturated rings. The zero-order valence-corrected chi connectivity index (χ0v) is 13.8. The van der Waals surface area contributed by atoms with E-state index in [1.165, 1.54) is 16.7 Å². The summed E-state index contributed by atoms with van der Waals surface area (Å²) in [6, 6.07) is 12.5. The first-order valence-corrected chi connectivity index (χ1v) is 7.56. The van der Waals surface area contributed by atoms with E-state index in [-0.39, 0.29) is 5.82 Å². The van der Waals surface area contributed by atoms with E-state index in [2.05, 4.69) is 49.7 Å². The van der Waals surface area contributed by atoms with Crippen LogP contribution in [0.5, 0.6) is 0 Å². The minimum absolute atomic E-state index is 0.105. The Bertz CT molecular complexity index is 894. The molecule has 0 bridgehead atoms. The number of hydrogen-bond donors (Lipinski definition) is 0. The fourth-order valence-electron chi connectivity index (χ4n) is 3.13. The number of rotatable bonds is 1. The zero-order chi connectivity index (χ0) is 16.0. The van der Waals surface area contributed by atoms with E-state index in [1.54, 1.807) is 0 Å². The SMILES string of the molecule is Cc1ccc(C)c(-c2ccc3c(C)c(F)c(C)cc3[n+]2C)c1. The van der Waals surface area contributed by atoms with Crippen LogP contribution in [-0.2, 0) is 7.05 Å². The highest BCUT2D eigenvalue weighted by Crippen LogP contribution is 2.27. The Morgan fingerprint density at radius 1 is 0.864 bits per heavy atom. The van der Waals surface area contributed by atoms with Crippen molar-refractivity contribution in [3.63, 3.8) is 0 Å². The first-order chi connectivity index (χ1) is 10.4. The maximum absolute atomic E-state index is 14.1. The molecule has 0 aliphatic carbocycles. The van der Waals surface area contributed by atoms with Crippen LogP contribution in [0.2, 0.25) is 0 Å². The Morgan fingerprint density at radius 2 is 1.59 bits per heavy atom. The molecule has 3 rings (SSSR count). The van der Waals surface area contributed by atoms with E-state index in [1.807, 2.05) is 26.0 Å². The molecule has 0 atom stereocenters. The monoisotopic (exact) mass is 294 g/mol. The number of pyridine rings is 1. The highest BCUT2D eigenvalue weighted by molar-refractivity contribution is 5.82. The van der Waals surface area contributed by atoms with Crippen LogP contribution < -0.4 is 4.57 Å². The molecule has 0 radical (unpaired) electrons. The number of benzene rings is 2. The number of hydrogen-bond acceptors (Lipinski definition) is 0. The largest absolute Gasteiger partial charge is 0.213 e. The average molecular weight is 294 g/mol. The third-order valence-corrected chi connectivity index (χ3v) is 4.51. The van der Waals surface area contributed by atoms with Crippen molar-refractivity contribution in [1.29, 1.82) is 0 Å². The topological polar surface area (TPSA) is 3.88 Å². The number of fused-ring (bicyclic) bond motifs is 1. The van der Waals surface area contributed by atoms with Crippen molar-refractivity contribution in [3.8, 4) is 11.3 Å². The van der Waals surface area contributed by atoms with Gasteiger partial charge in [0.05, 0.1) is 5.39 Å². The van der Waals surface area contributed by atoms with Gasteiger partial charge in [-0.3, -0.25) is 0 Å². The summed E-state index contributed by atoms with van der Waals surface area (Å²) in [4.78, 5) is 0. The molecule has 1 nitrogen and oxygen atoms in total. The lowest BCUT2D eigenvalue weighted by Gasteiger charge is -2.10. The van der Waals surface area contributed by atoms with Gasteiger partial charge in [0.25, 0.3) is 0 Å². The second-order valence-corrected chi connectivity index (χ2v) is 6.16. The van der Waals surface area contributed by atoms with Crippen molar-refractivity contribution in [2.75, 3.05) is 0 Å². The maximum Gasteiger partial charge on any atom is 0.213 e. The first-order valence-electron chi connectivity index (χ1n) is 7.56. The van der Waals surface area contributed by atoms with Gasteiger partial charge in [0, 0.05) is 17.7 Å². The van der Waals surface area contributed by atoms with Gasteiger partial charge in [0.1, 0.15) is 12.9 Å². The third-order valence-electron chi connectivity index (χ3n) is 4.51. The number of aryl methyl sites for hydroxylation is 5. The first kappa shape index (κ1) is 14.7. The molecule has 0 aliphatic rings. The molecule has 0 aliphatic heterocycles. The van der Waals surface area contributed by atoms with Crippen molar-refractivity contribution >= 4 is 10.9 Å². The second-order valence-electron chi connectivity index (χ2n) is 6.16. The molecule has 3 aromatic rings. The summed E-state index contributed by atoms with van der Waals surface area (Å²) >= 11 is 0. The predicted octanol–water partition coefficient (Wildman–Crippen LogP) is 4.70. The zero-order valence-electron chi connectivity index (χ0n) is 13.8. The van der Waals surface area contributed by atoms with Crippen LogP contribution in [-0.4, -0.2) is 0 Å². The molecule has 0 saturated carbocycles. The van der Waals surface area contributed by atoms with E-state index in [9.17, 15) is 4.39 Å². The van der Waals surface area contributed by atoms with Gasteiger partial charge in [-0.1, -0.05) is 17.7 Å². The Labute approximate surface area is 131 Å². The highest BCUT2D eigenvalue weighted by atomic mass is 19.1. The number of aromatic nitrogens is 1. The van der Waals surface area contributed by atoms with Gasteiger partial charge in [0.15, 0.2) is 0 Å². The average Bonchev–Trinajstić information content (AvgIpc) is 2.49. The number of halogens is 1. The van der Waals surface area contributed by atoms with E-state index in [0.29, 0.717) is 5.56 Å². The van der Waals surface area contributed by atoms with Crippen molar-refractivity contribution in [1.82, 2.24) is 0 Å². The Balaban J connectivity index is 2.36. The standard InChI is InChI=1S/C20H21FN/c1-12-6-7-13(2)17(10-12)18-9-8-16-15(4)20(21)14(3)11-19(16)22(18)5/h6-11H,1-5H3/q+1. The van der Waals surface area contributed by atoms with Crippen molar-refractivity contribution in [2.24, 2.45) is 7.05 Å². The Kier molecular flexibility index (Phi) is 3.48. The molecule has 2 heteroatoms.